The fraction of sp³-hybridized carbons (Fsp3) is 0.426. The van der Waals surface area contributed by atoms with Gasteiger partial charge in [-0.3, -0.25) is 28.6 Å². The van der Waals surface area contributed by atoms with Gasteiger partial charge in [0.2, 0.25) is 11.3 Å². The van der Waals surface area contributed by atoms with Crippen molar-refractivity contribution in [2.24, 2.45) is 5.11 Å². The van der Waals surface area contributed by atoms with Crippen molar-refractivity contribution in [1.29, 1.82) is 0 Å². The van der Waals surface area contributed by atoms with Gasteiger partial charge in [-0.2, -0.15) is 0 Å². The highest BCUT2D eigenvalue weighted by Gasteiger charge is 2.22. The van der Waals surface area contributed by atoms with Crippen LogP contribution in [0.5, 0.6) is 0 Å². The van der Waals surface area contributed by atoms with Crippen molar-refractivity contribution < 1.29 is 33.8 Å². The molecule has 2 aromatic heterocycles. The quantitative estimate of drug-likeness (QED) is 0.0174. The predicted molar refractivity (Wildman–Crippen MR) is 252 cm³/mol. The van der Waals surface area contributed by atoms with Crippen LogP contribution < -0.4 is 30.6 Å². The first kappa shape index (κ1) is 49.8. The van der Waals surface area contributed by atoms with Crippen LogP contribution in [0.1, 0.15) is 83.5 Å². The Labute approximate surface area is 393 Å². The second-order valence-corrected chi connectivity index (χ2v) is 16.9. The maximum Gasteiger partial charge on any atom is 0.303 e. The van der Waals surface area contributed by atoms with Crippen LogP contribution in [0.2, 0.25) is 0 Å². The van der Waals surface area contributed by atoms with Crippen LogP contribution in [0, 0.1) is 0 Å². The average Bonchev–Trinajstić information content (AvgIpc) is 3.97. The highest BCUT2D eigenvalue weighted by atomic mass is 16.4. The molecule has 1 aliphatic carbocycles. The molecule has 0 fully saturated rings. The number of unbranched alkanes of at least 4 members (excludes halogenated alkanes) is 2. The molecule has 21 nitrogen and oxygen atoms in total. The number of azide groups is 1. The molecule has 68 heavy (non-hydrogen) atoms. The van der Waals surface area contributed by atoms with Crippen LogP contribution in [0.3, 0.4) is 0 Å². The highest BCUT2D eigenvalue weighted by Crippen LogP contribution is 2.42. The van der Waals surface area contributed by atoms with Crippen molar-refractivity contribution >= 4 is 40.4 Å². The molecule has 0 bridgehead atoms. The van der Waals surface area contributed by atoms with E-state index >= 15 is 0 Å². The summed E-state index contributed by atoms with van der Waals surface area (Å²) in [6, 6.07) is 15.9. The molecule has 3 N–H and O–H groups in total. The van der Waals surface area contributed by atoms with E-state index in [9.17, 15) is 24.3 Å². The molecule has 4 aromatic rings. The van der Waals surface area contributed by atoms with Crippen molar-refractivity contribution in [2.75, 3.05) is 59.3 Å². The van der Waals surface area contributed by atoms with Crippen molar-refractivity contribution in [3.63, 3.8) is 0 Å². The summed E-state index contributed by atoms with van der Waals surface area (Å²) in [5.41, 5.74) is 13.5. The zero-order valence-corrected chi connectivity index (χ0v) is 38.9. The molecule has 3 heterocycles. The van der Waals surface area contributed by atoms with Crippen LogP contribution in [0.15, 0.2) is 76.5 Å². The first-order chi connectivity index (χ1) is 32.8. The van der Waals surface area contributed by atoms with E-state index < -0.39 is 11.9 Å². The molecule has 0 saturated heterocycles. The van der Waals surface area contributed by atoms with Crippen molar-refractivity contribution in [3.05, 3.63) is 105 Å². The summed E-state index contributed by atoms with van der Waals surface area (Å²) in [7, 11) is 7.69. The number of carbonyl (C=O) groups is 4. The van der Waals surface area contributed by atoms with Gasteiger partial charge in [-0.15, -0.1) is 10.2 Å². The van der Waals surface area contributed by atoms with E-state index in [0.717, 1.165) is 22.4 Å². The van der Waals surface area contributed by atoms with Gasteiger partial charge in [-0.05, 0) is 86.5 Å². The van der Waals surface area contributed by atoms with Gasteiger partial charge in [0.1, 0.15) is 25.4 Å². The highest BCUT2D eigenvalue weighted by molar-refractivity contribution is 6.09. The normalized spacial score (nSPS) is 11.2. The third kappa shape index (κ3) is 13.9. The van der Waals surface area contributed by atoms with E-state index in [1.165, 1.54) is 12.1 Å². The lowest BCUT2D eigenvalue weighted by molar-refractivity contribution is -0.255. The molecule has 2 aromatic carbocycles. The Morgan fingerprint density at radius 2 is 1.53 bits per heavy atom. The maximum absolute atomic E-state index is 13.5. The molecule has 0 radical (unpaired) electrons. The van der Waals surface area contributed by atoms with E-state index in [1.807, 2.05) is 86.5 Å². The standard InChI is InChI=1S/C47H58N14O7/c1-57(2)35-14-17-38-41(26-35)68-42-27-36(58(3)4)15-18-39(42)45(38)40-25-32(13-16-37(40)47(66)67)46(65)50-20-9-19-49-43(62)11-5-7-23-60-30-33(52-55-60)28-59(22-10-21-51-54-48)29-34-31-61(56-53-34)24-8-6-12-44(63)64/h13-18,25-27,30-31H,5-12,19-24,28-29H2,1-4H3,(H3-,49,50,62,63,64,65,66,67). The second-order valence-electron chi connectivity index (χ2n) is 16.9. The number of hydrogen-bond acceptors (Lipinski definition) is 13. The molecule has 2 amide bonds. The SMILES string of the molecule is CN(C)c1ccc2c(-c3cc(C(=O)NCCCNC(=O)CCCCn4cc(CN(CCCN=[N+]=[N-])Cc5cn(CCCCC(=O)O)nn5)nn4)ccc3C(=O)[O-])c3ccc(=[N+](C)C)cc-3oc2c1. The van der Waals surface area contributed by atoms with Crippen LogP contribution in [0.25, 0.3) is 43.9 Å². The average molecular weight is 931 g/mol. The molecule has 0 saturated carbocycles. The first-order valence-electron chi connectivity index (χ1n) is 22.6. The van der Waals surface area contributed by atoms with Gasteiger partial charge in [0, 0.05) is 136 Å². The number of aromatic carboxylic acids is 1. The Bertz CT molecular complexity index is 2800. The van der Waals surface area contributed by atoms with E-state index in [2.05, 4.69) is 46.2 Å². The second kappa shape index (κ2) is 24.2. The lowest BCUT2D eigenvalue weighted by atomic mass is 9.89. The van der Waals surface area contributed by atoms with Gasteiger partial charge >= 0.3 is 5.97 Å². The lowest BCUT2D eigenvalue weighted by Gasteiger charge is -2.20. The zero-order valence-electron chi connectivity index (χ0n) is 38.9. The minimum absolute atomic E-state index is 0.0591. The molecule has 2 aliphatic rings. The number of nitrogens with zero attached hydrogens (tertiary/aromatic N) is 12. The van der Waals surface area contributed by atoms with Crippen LogP contribution >= 0.6 is 0 Å². The molecule has 0 spiro atoms. The Balaban J connectivity index is 0.971. The van der Waals surface area contributed by atoms with Gasteiger partial charge in [-0.25, -0.2) is 4.58 Å². The Morgan fingerprint density at radius 3 is 2.18 bits per heavy atom. The largest absolute Gasteiger partial charge is 0.545 e. The smallest absolute Gasteiger partial charge is 0.303 e. The van der Waals surface area contributed by atoms with E-state index in [-0.39, 0.29) is 35.9 Å². The predicted octanol–water partition coefficient (Wildman–Crippen LogP) is 3.91. The number of rotatable bonds is 26. The number of aryl methyl sites for hydroxylation is 2. The van der Waals surface area contributed by atoms with Gasteiger partial charge in [0.25, 0.3) is 5.91 Å². The Morgan fingerprint density at radius 1 is 0.838 bits per heavy atom. The summed E-state index contributed by atoms with van der Waals surface area (Å²) in [4.78, 5) is 56.4. The molecule has 1 aliphatic heterocycles. The van der Waals surface area contributed by atoms with E-state index in [0.29, 0.717) is 124 Å². The number of carbonyl (C=O) groups excluding carboxylic acids is 3. The summed E-state index contributed by atoms with van der Waals surface area (Å²) >= 11 is 0. The number of anilines is 1. The number of amides is 2. The number of nitrogens with one attached hydrogen (secondary N) is 2. The zero-order chi connectivity index (χ0) is 48.6. The number of carboxylic acids is 2. The number of aliphatic carboxylic acids is 1. The molecule has 0 unspecified atom stereocenters. The lowest BCUT2D eigenvalue weighted by Crippen LogP contribution is -2.30. The van der Waals surface area contributed by atoms with Crippen molar-refractivity contribution in [1.82, 2.24) is 50.1 Å². The van der Waals surface area contributed by atoms with Crippen molar-refractivity contribution in [2.45, 2.75) is 77.5 Å². The number of hydrogen-bond donors (Lipinski definition) is 3. The molecule has 6 rings (SSSR count). The summed E-state index contributed by atoms with van der Waals surface area (Å²) in [6.07, 6.45) is 7.85. The molecule has 21 heteroatoms. The van der Waals surface area contributed by atoms with Gasteiger partial charge < -0.3 is 35.0 Å². The first-order valence-corrected chi connectivity index (χ1v) is 22.6. The van der Waals surface area contributed by atoms with Gasteiger partial charge in [0.15, 0.2) is 0 Å². The van der Waals surface area contributed by atoms with E-state index in [1.54, 1.807) is 15.4 Å². The summed E-state index contributed by atoms with van der Waals surface area (Å²) in [5, 5.41) is 49.5. The van der Waals surface area contributed by atoms with Gasteiger partial charge in [-0.1, -0.05) is 21.6 Å². The third-order valence-corrected chi connectivity index (χ3v) is 11.3. The molecule has 0 atom stereocenters. The Kier molecular flexibility index (Phi) is 17.7. The minimum atomic E-state index is -1.37. The fourth-order valence-corrected chi connectivity index (χ4v) is 7.72. The molecule has 358 valence electrons. The third-order valence-electron chi connectivity index (χ3n) is 11.3. The monoisotopic (exact) mass is 930 g/mol. The summed E-state index contributed by atoms with van der Waals surface area (Å²) < 4.78 is 11.8. The van der Waals surface area contributed by atoms with Gasteiger partial charge in [0.05, 0.1) is 23.4 Å². The minimum Gasteiger partial charge on any atom is -0.545 e. The summed E-state index contributed by atoms with van der Waals surface area (Å²) in [5.74, 6) is -2.13. The Hall–Kier alpha value is -7.64. The number of benzene rings is 3. The topological polar surface area (TPSA) is 268 Å². The molecular formula is C47H58N14O7. The van der Waals surface area contributed by atoms with Crippen LogP contribution in [-0.4, -0.2) is 118 Å². The van der Waals surface area contributed by atoms with Crippen LogP contribution in [-0.2, 0) is 35.8 Å². The number of aromatic nitrogens is 6. The van der Waals surface area contributed by atoms with E-state index in [4.69, 9.17) is 15.1 Å². The maximum atomic E-state index is 13.5. The summed E-state index contributed by atoms with van der Waals surface area (Å²) in [6.45, 7) is 3.74. The number of carboxylic acid groups (broad SMARTS) is 2. The van der Waals surface area contributed by atoms with Crippen LogP contribution in [0.4, 0.5) is 5.69 Å². The fourth-order valence-electron chi connectivity index (χ4n) is 7.72. The van der Waals surface area contributed by atoms with Crippen molar-refractivity contribution in [3.8, 4) is 22.5 Å². The molecular weight excluding hydrogens is 873 g/mol. The number of fused-ring (bicyclic) bond motifs is 2.